The number of Topliss-reactive ketones (excluding diaryl/α,β-unsaturated/α-hetero) is 2. The molecule has 0 bridgehead atoms. The largest absolute Gasteiger partial charge is 0.465 e. The van der Waals surface area contributed by atoms with E-state index in [4.69, 9.17) is 14.6 Å². The van der Waals surface area contributed by atoms with Gasteiger partial charge in [-0.15, -0.1) is 0 Å². The Morgan fingerprint density at radius 2 is 2.11 bits per heavy atom. The number of piperazine rings is 1. The van der Waals surface area contributed by atoms with E-state index in [0.717, 1.165) is 0 Å². The number of rotatable bonds is 5. The Kier molecular flexibility index (Phi) is 5.45. The molecular weight excluding hydrogens is 388 g/mol. The highest BCUT2D eigenvalue weighted by atomic mass is 32.1. The van der Waals surface area contributed by atoms with Gasteiger partial charge in [0.2, 0.25) is 11.6 Å². The van der Waals surface area contributed by atoms with E-state index in [2.05, 4.69) is 29.0 Å². The quantitative estimate of drug-likeness (QED) is 0.178. The van der Waals surface area contributed by atoms with Crippen molar-refractivity contribution in [3.05, 3.63) is 22.5 Å². The van der Waals surface area contributed by atoms with Gasteiger partial charge >= 0.3 is 6.09 Å². The van der Waals surface area contributed by atoms with Gasteiger partial charge in [0, 0.05) is 43.1 Å². The number of nitrogens with two attached hydrogens (primary N) is 1. The molecule has 10 nitrogen and oxygen atoms in total. The van der Waals surface area contributed by atoms with Crippen LogP contribution in [0.1, 0.15) is 6.92 Å². The van der Waals surface area contributed by atoms with Gasteiger partial charge in [0.1, 0.15) is 0 Å². The summed E-state index contributed by atoms with van der Waals surface area (Å²) in [5.74, 6) is -0.370. The summed E-state index contributed by atoms with van der Waals surface area (Å²) in [6, 6.07) is 0.268. The van der Waals surface area contributed by atoms with Crippen molar-refractivity contribution in [2.75, 3.05) is 32.6 Å². The Morgan fingerprint density at radius 1 is 1.46 bits per heavy atom. The zero-order valence-corrected chi connectivity index (χ0v) is 16.5. The first kappa shape index (κ1) is 20.6. The van der Waals surface area contributed by atoms with Gasteiger partial charge in [0.15, 0.2) is 5.72 Å². The van der Waals surface area contributed by atoms with Crippen molar-refractivity contribution in [2.45, 2.75) is 24.7 Å². The zero-order chi connectivity index (χ0) is 20.8. The number of ether oxygens (including phenoxy) is 1. The van der Waals surface area contributed by atoms with Crippen LogP contribution in [0, 0.1) is 5.92 Å². The van der Waals surface area contributed by atoms with E-state index in [9.17, 15) is 14.7 Å². The van der Waals surface area contributed by atoms with Crippen molar-refractivity contribution in [2.24, 2.45) is 11.7 Å². The highest BCUT2D eigenvalue weighted by Crippen LogP contribution is 2.55. The monoisotopic (exact) mass is 412 g/mol. The first-order chi connectivity index (χ1) is 13.3. The molecule has 4 aliphatic rings. The van der Waals surface area contributed by atoms with Crippen LogP contribution in [0.2, 0.25) is 0 Å². The molecule has 3 aliphatic heterocycles. The molecule has 1 aliphatic carbocycles. The Labute approximate surface area is 167 Å². The molecule has 6 N–H and O–H groups in total. The van der Waals surface area contributed by atoms with Gasteiger partial charge in [0.25, 0.3) is 0 Å². The fraction of sp³-hybridized carbons (Fsp3) is 0.588. The fourth-order valence-corrected chi connectivity index (χ4v) is 4.65. The average Bonchev–Trinajstić information content (AvgIpc) is 3.25. The summed E-state index contributed by atoms with van der Waals surface area (Å²) in [6.45, 7) is 2.53. The standard InChI is InChI=1S/C16H21N3O4S.CH3NO2/c1-7-11(17-3-4-24)14(22)10-8(6-20)16(23-2)15-9(18-15)5-19(16)12(10)13(7)21;2-1(3)4/h8-9,15,17-18,20,24H,3-6H2,1-2H3;2H2,(H,3,4). The topological polar surface area (TPSA) is 164 Å². The number of carbonyl (C=O) groups excluding carboxylic acids is 2. The fourth-order valence-electron chi connectivity index (χ4n) is 4.54. The van der Waals surface area contributed by atoms with Crippen molar-refractivity contribution in [3.8, 4) is 0 Å². The van der Waals surface area contributed by atoms with Crippen molar-refractivity contribution >= 4 is 30.3 Å². The van der Waals surface area contributed by atoms with Gasteiger partial charge in [-0.2, -0.15) is 12.6 Å². The van der Waals surface area contributed by atoms with E-state index in [1.165, 1.54) is 0 Å². The van der Waals surface area contributed by atoms with Gasteiger partial charge < -0.3 is 36.2 Å². The highest BCUT2D eigenvalue weighted by molar-refractivity contribution is 7.80. The number of hydrogen-bond acceptors (Lipinski definition) is 9. The van der Waals surface area contributed by atoms with E-state index >= 15 is 0 Å². The molecule has 4 rings (SSSR count). The maximum atomic E-state index is 13.1. The smallest absolute Gasteiger partial charge is 0.402 e. The molecule has 0 saturated carbocycles. The van der Waals surface area contributed by atoms with Crippen molar-refractivity contribution in [1.29, 1.82) is 0 Å². The lowest BCUT2D eigenvalue weighted by molar-refractivity contribution is -0.137. The summed E-state index contributed by atoms with van der Waals surface area (Å²) in [6.07, 6.45) is -1.33. The molecular formula is C17H24N4O6S. The van der Waals surface area contributed by atoms with Gasteiger partial charge in [-0.05, 0) is 6.92 Å². The van der Waals surface area contributed by atoms with E-state index < -0.39 is 17.7 Å². The van der Waals surface area contributed by atoms with Gasteiger partial charge in [-0.1, -0.05) is 0 Å². The average molecular weight is 412 g/mol. The van der Waals surface area contributed by atoms with E-state index in [1.54, 1.807) is 14.0 Å². The number of carbonyl (C=O) groups is 3. The first-order valence-electron chi connectivity index (χ1n) is 8.83. The number of aliphatic hydroxyl groups excluding tert-OH is 1. The molecule has 0 spiro atoms. The number of nitrogens with zero attached hydrogens (tertiary/aromatic N) is 1. The lowest BCUT2D eigenvalue weighted by Gasteiger charge is -2.39. The van der Waals surface area contributed by atoms with E-state index in [0.29, 0.717) is 41.4 Å². The van der Waals surface area contributed by atoms with E-state index in [1.807, 2.05) is 4.90 Å². The molecule has 0 aromatic heterocycles. The van der Waals surface area contributed by atoms with Crippen LogP contribution in [0.3, 0.4) is 0 Å². The van der Waals surface area contributed by atoms with Crippen LogP contribution in [-0.4, -0.2) is 83.1 Å². The molecule has 2 saturated heterocycles. The normalized spacial score (nSPS) is 32.6. The van der Waals surface area contributed by atoms with Gasteiger partial charge in [0.05, 0.1) is 30.0 Å². The number of nitrogens with one attached hydrogen (secondary N) is 2. The second-order valence-electron chi connectivity index (χ2n) is 6.96. The van der Waals surface area contributed by atoms with Gasteiger partial charge in [-0.25, -0.2) is 4.79 Å². The van der Waals surface area contributed by atoms with Crippen LogP contribution < -0.4 is 16.4 Å². The summed E-state index contributed by atoms with van der Waals surface area (Å²) in [4.78, 5) is 36.7. The maximum absolute atomic E-state index is 13.1. The van der Waals surface area contributed by atoms with Crippen molar-refractivity contribution in [3.63, 3.8) is 0 Å². The molecule has 1 amide bonds. The Balaban J connectivity index is 0.000000516. The summed E-state index contributed by atoms with van der Waals surface area (Å²) in [5.41, 5.74) is 4.69. The number of methoxy groups -OCH3 is 1. The molecule has 4 unspecified atom stereocenters. The number of fused-ring (bicyclic) bond motifs is 4. The van der Waals surface area contributed by atoms with Crippen LogP contribution >= 0.6 is 12.6 Å². The number of allylic oxidation sites excluding steroid dienone is 2. The molecule has 28 heavy (non-hydrogen) atoms. The van der Waals surface area contributed by atoms with Crippen LogP contribution in [0.15, 0.2) is 22.5 Å². The summed E-state index contributed by atoms with van der Waals surface area (Å²) < 4.78 is 5.83. The molecule has 0 aromatic carbocycles. The molecule has 0 radical (unpaired) electrons. The summed E-state index contributed by atoms with van der Waals surface area (Å²) in [7, 11) is 1.58. The molecule has 3 heterocycles. The third-order valence-corrected chi connectivity index (χ3v) is 5.86. The minimum absolute atomic E-state index is 0.0278. The molecule has 154 valence electrons. The van der Waals surface area contributed by atoms with Crippen LogP contribution in [0.4, 0.5) is 4.79 Å². The third kappa shape index (κ3) is 2.81. The van der Waals surface area contributed by atoms with Gasteiger partial charge in [-0.3, -0.25) is 9.59 Å². The SMILES string of the molecule is COC12C(CO)C3=C(C(=O)C(C)=C(NCCS)C3=O)N1CC1NC12.NC(=O)O. The number of carboxylic acid groups (broad SMARTS) is 1. The van der Waals surface area contributed by atoms with Crippen LogP contribution in [0.25, 0.3) is 0 Å². The number of hydrogen-bond donors (Lipinski definition) is 6. The summed E-state index contributed by atoms with van der Waals surface area (Å²) in [5, 5.41) is 23.6. The first-order valence-corrected chi connectivity index (χ1v) is 9.46. The number of ketones is 2. The Morgan fingerprint density at radius 3 is 2.64 bits per heavy atom. The highest BCUT2D eigenvalue weighted by Gasteiger charge is 2.72. The number of amides is 1. The Hall–Kier alpha value is -2.08. The third-order valence-electron chi connectivity index (χ3n) is 5.63. The minimum atomic E-state index is -1.33. The number of primary amides is 1. The van der Waals surface area contributed by atoms with Crippen LogP contribution in [0.5, 0.6) is 0 Å². The minimum Gasteiger partial charge on any atom is -0.465 e. The predicted molar refractivity (Wildman–Crippen MR) is 102 cm³/mol. The summed E-state index contributed by atoms with van der Waals surface area (Å²) >= 11 is 4.14. The number of thiol groups is 1. The van der Waals surface area contributed by atoms with E-state index in [-0.39, 0.29) is 30.3 Å². The predicted octanol–water partition coefficient (Wildman–Crippen LogP) is -1.57. The second-order valence-corrected chi connectivity index (χ2v) is 7.41. The molecule has 11 heteroatoms. The molecule has 4 atom stereocenters. The zero-order valence-electron chi connectivity index (χ0n) is 15.6. The van der Waals surface area contributed by atoms with Crippen molar-refractivity contribution < 1.29 is 29.3 Å². The molecule has 2 fully saturated rings. The van der Waals surface area contributed by atoms with Crippen LogP contribution in [-0.2, 0) is 14.3 Å². The maximum Gasteiger partial charge on any atom is 0.402 e. The lowest BCUT2D eigenvalue weighted by atomic mass is 9.82. The lowest BCUT2D eigenvalue weighted by Crippen LogP contribution is -2.54. The Bertz CT molecular complexity index is 793. The molecule has 0 aromatic rings. The number of aliphatic hydroxyl groups is 1. The van der Waals surface area contributed by atoms with Crippen molar-refractivity contribution in [1.82, 2.24) is 15.5 Å². The second kappa shape index (κ2) is 7.39.